The van der Waals surface area contributed by atoms with Crippen LogP contribution in [0.15, 0.2) is 30.6 Å². The monoisotopic (exact) mass is 295 g/mol. The molecule has 0 radical (unpaired) electrons. The van der Waals surface area contributed by atoms with Gasteiger partial charge in [-0.1, -0.05) is 25.4 Å². The van der Waals surface area contributed by atoms with Gasteiger partial charge in [-0.2, -0.15) is 0 Å². The summed E-state index contributed by atoms with van der Waals surface area (Å²) in [5.41, 5.74) is 0.570. The van der Waals surface area contributed by atoms with Gasteiger partial charge in [-0.25, -0.2) is 9.37 Å². The second kappa shape index (κ2) is 6.86. The van der Waals surface area contributed by atoms with Gasteiger partial charge < -0.3 is 9.88 Å². The van der Waals surface area contributed by atoms with Crippen molar-refractivity contribution < 1.29 is 4.39 Å². The van der Waals surface area contributed by atoms with Crippen LogP contribution in [0.25, 0.3) is 0 Å². The summed E-state index contributed by atoms with van der Waals surface area (Å²) >= 11 is 5.91. The van der Waals surface area contributed by atoms with E-state index in [1.807, 2.05) is 10.8 Å². The number of aromatic nitrogens is 2. The van der Waals surface area contributed by atoms with E-state index in [0.29, 0.717) is 29.6 Å². The van der Waals surface area contributed by atoms with Gasteiger partial charge in [0.25, 0.3) is 0 Å². The Hall–Kier alpha value is -1.39. The average Bonchev–Trinajstić information content (AvgIpc) is 2.81. The van der Waals surface area contributed by atoms with E-state index in [2.05, 4.69) is 24.1 Å². The van der Waals surface area contributed by atoms with Crippen molar-refractivity contribution in [1.29, 1.82) is 0 Å². The average molecular weight is 296 g/mol. The lowest BCUT2D eigenvalue weighted by molar-refractivity contribution is 0.530. The predicted octanol–water partition coefficient (Wildman–Crippen LogP) is 3.47. The van der Waals surface area contributed by atoms with Crippen molar-refractivity contribution in [2.24, 2.45) is 5.92 Å². The summed E-state index contributed by atoms with van der Waals surface area (Å²) in [7, 11) is 0. The maximum Gasteiger partial charge on any atom is 0.128 e. The standard InChI is InChI=1S/C15H19ClFN3/c1-11(2)8-18-9-15-19-5-6-20(15)10-12-7-13(16)3-4-14(12)17/h3-7,11,18H,8-10H2,1-2H3. The number of nitrogens with one attached hydrogen (secondary N) is 1. The van der Waals surface area contributed by atoms with Crippen LogP contribution < -0.4 is 5.32 Å². The topological polar surface area (TPSA) is 29.9 Å². The molecule has 1 N–H and O–H groups in total. The highest BCUT2D eigenvalue weighted by Crippen LogP contribution is 2.16. The van der Waals surface area contributed by atoms with Crippen LogP contribution in [-0.4, -0.2) is 16.1 Å². The lowest BCUT2D eigenvalue weighted by atomic mass is 10.2. The Morgan fingerprint density at radius 3 is 2.95 bits per heavy atom. The van der Waals surface area contributed by atoms with Crippen LogP contribution in [0.4, 0.5) is 4.39 Å². The number of nitrogens with zero attached hydrogens (tertiary/aromatic N) is 2. The van der Waals surface area contributed by atoms with E-state index >= 15 is 0 Å². The summed E-state index contributed by atoms with van der Waals surface area (Å²) < 4.78 is 15.7. The molecule has 5 heteroatoms. The van der Waals surface area contributed by atoms with E-state index in [-0.39, 0.29) is 5.82 Å². The Labute approximate surface area is 123 Å². The van der Waals surface area contributed by atoms with Crippen LogP contribution in [-0.2, 0) is 13.1 Å². The molecule has 0 aliphatic heterocycles. The molecule has 2 aromatic rings. The molecular formula is C15H19ClFN3. The normalized spacial score (nSPS) is 11.2. The Kier molecular flexibility index (Phi) is 5.15. The minimum atomic E-state index is -0.246. The third kappa shape index (κ3) is 4.05. The minimum Gasteiger partial charge on any atom is -0.329 e. The van der Waals surface area contributed by atoms with Gasteiger partial charge in [0.15, 0.2) is 0 Å². The summed E-state index contributed by atoms with van der Waals surface area (Å²) in [5, 5.41) is 3.88. The molecule has 0 amide bonds. The van der Waals surface area contributed by atoms with Gasteiger partial charge in [0.05, 0.1) is 13.1 Å². The Morgan fingerprint density at radius 2 is 2.20 bits per heavy atom. The molecule has 0 fully saturated rings. The van der Waals surface area contributed by atoms with Gasteiger partial charge in [0.2, 0.25) is 0 Å². The molecular weight excluding hydrogens is 277 g/mol. The molecule has 0 saturated carbocycles. The molecule has 0 unspecified atom stereocenters. The zero-order valence-electron chi connectivity index (χ0n) is 11.7. The minimum absolute atomic E-state index is 0.246. The summed E-state index contributed by atoms with van der Waals surface area (Å²) in [5.74, 6) is 1.23. The van der Waals surface area contributed by atoms with Gasteiger partial charge >= 0.3 is 0 Å². The number of hydrogen-bond acceptors (Lipinski definition) is 2. The fourth-order valence-corrected chi connectivity index (χ4v) is 2.17. The smallest absolute Gasteiger partial charge is 0.128 e. The lowest BCUT2D eigenvalue weighted by Crippen LogP contribution is -2.21. The summed E-state index contributed by atoms with van der Waals surface area (Å²) in [6, 6.07) is 4.60. The van der Waals surface area contributed by atoms with Crippen molar-refractivity contribution in [3.05, 3.63) is 52.8 Å². The highest BCUT2D eigenvalue weighted by atomic mass is 35.5. The van der Waals surface area contributed by atoms with Crippen molar-refractivity contribution >= 4 is 11.6 Å². The SMILES string of the molecule is CC(C)CNCc1nccn1Cc1cc(Cl)ccc1F. The van der Waals surface area contributed by atoms with Crippen molar-refractivity contribution in [2.45, 2.75) is 26.9 Å². The molecule has 0 bridgehead atoms. The first-order chi connectivity index (χ1) is 9.56. The summed E-state index contributed by atoms with van der Waals surface area (Å²) in [6.07, 6.45) is 3.58. The van der Waals surface area contributed by atoms with Gasteiger partial charge in [-0.15, -0.1) is 0 Å². The summed E-state index contributed by atoms with van der Waals surface area (Å²) in [4.78, 5) is 4.31. The molecule has 20 heavy (non-hydrogen) atoms. The molecule has 0 atom stereocenters. The second-order valence-electron chi connectivity index (χ2n) is 5.23. The molecule has 1 aromatic carbocycles. The van der Waals surface area contributed by atoms with E-state index in [0.717, 1.165) is 12.4 Å². The molecule has 108 valence electrons. The van der Waals surface area contributed by atoms with Crippen molar-refractivity contribution in [1.82, 2.24) is 14.9 Å². The van der Waals surface area contributed by atoms with Gasteiger partial charge in [0.1, 0.15) is 11.6 Å². The molecule has 0 saturated heterocycles. The first-order valence-corrected chi connectivity index (χ1v) is 7.08. The quantitative estimate of drug-likeness (QED) is 0.884. The van der Waals surface area contributed by atoms with Crippen LogP contribution in [0.3, 0.4) is 0 Å². The van der Waals surface area contributed by atoms with Crippen LogP contribution in [0.1, 0.15) is 25.2 Å². The van der Waals surface area contributed by atoms with E-state index < -0.39 is 0 Å². The zero-order valence-corrected chi connectivity index (χ0v) is 12.5. The highest BCUT2D eigenvalue weighted by molar-refractivity contribution is 6.30. The van der Waals surface area contributed by atoms with Gasteiger partial charge in [0, 0.05) is 23.0 Å². The molecule has 2 rings (SSSR count). The van der Waals surface area contributed by atoms with E-state index in [4.69, 9.17) is 11.6 Å². The molecule has 3 nitrogen and oxygen atoms in total. The fourth-order valence-electron chi connectivity index (χ4n) is 1.97. The predicted molar refractivity (Wildman–Crippen MR) is 79.3 cm³/mol. The maximum absolute atomic E-state index is 13.7. The highest BCUT2D eigenvalue weighted by Gasteiger charge is 2.08. The van der Waals surface area contributed by atoms with Crippen molar-refractivity contribution in [3.63, 3.8) is 0 Å². The fraction of sp³-hybridized carbons (Fsp3) is 0.400. The Morgan fingerprint density at radius 1 is 1.40 bits per heavy atom. The van der Waals surface area contributed by atoms with Crippen LogP contribution in [0, 0.1) is 11.7 Å². The van der Waals surface area contributed by atoms with Crippen LogP contribution in [0.2, 0.25) is 5.02 Å². The third-order valence-corrected chi connectivity index (χ3v) is 3.22. The largest absolute Gasteiger partial charge is 0.329 e. The zero-order chi connectivity index (χ0) is 14.5. The van der Waals surface area contributed by atoms with Gasteiger partial charge in [-0.3, -0.25) is 0 Å². The number of halogens is 2. The molecule has 0 aliphatic rings. The number of benzene rings is 1. The van der Waals surface area contributed by atoms with E-state index in [1.165, 1.54) is 6.07 Å². The number of imidazole rings is 1. The molecule has 0 spiro atoms. The first-order valence-electron chi connectivity index (χ1n) is 6.71. The van der Waals surface area contributed by atoms with Crippen molar-refractivity contribution in [2.75, 3.05) is 6.54 Å². The number of rotatable bonds is 6. The lowest BCUT2D eigenvalue weighted by Gasteiger charge is -2.11. The van der Waals surface area contributed by atoms with Gasteiger partial charge in [-0.05, 0) is 30.7 Å². The van der Waals surface area contributed by atoms with Crippen LogP contribution >= 0.6 is 11.6 Å². The third-order valence-electron chi connectivity index (χ3n) is 2.99. The number of hydrogen-bond donors (Lipinski definition) is 1. The first kappa shape index (κ1) is 15.0. The van der Waals surface area contributed by atoms with Crippen LogP contribution in [0.5, 0.6) is 0 Å². The van der Waals surface area contributed by atoms with E-state index in [1.54, 1.807) is 18.3 Å². The second-order valence-corrected chi connectivity index (χ2v) is 5.67. The summed E-state index contributed by atoms with van der Waals surface area (Å²) in [6.45, 7) is 6.35. The molecule has 1 heterocycles. The Bertz CT molecular complexity index is 566. The molecule has 0 aliphatic carbocycles. The van der Waals surface area contributed by atoms with Crippen molar-refractivity contribution in [3.8, 4) is 0 Å². The maximum atomic E-state index is 13.7. The Balaban J connectivity index is 2.06. The van der Waals surface area contributed by atoms with E-state index in [9.17, 15) is 4.39 Å². The molecule has 1 aromatic heterocycles.